The lowest BCUT2D eigenvalue weighted by molar-refractivity contribution is -0.137. The first-order valence-corrected chi connectivity index (χ1v) is 5.97. The van der Waals surface area contributed by atoms with Crippen molar-refractivity contribution in [3.05, 3.63) is 0 Å². The molecule has 2 saturated heterocycles. The van der Waals surface area contributed by atoms with Gasteiger partial charge >= 0.3 is 0 Å². The van der Waals surface area contributed by atoms with Gasteiger partial charge in [0.1, 0.15) is 6.04 Å². The second-order valence-electron chi connectivity index (χ2n) is 3.73. The number of primary amides is 1. The zero-order chi connectivity index (χ0) is 10.1. The van der Waals surface area contributed by atoms with E-state index in [0.717, 1.165) is 25.0 Å². The van der Waals surface area contributed by atoms with E-state index in [1.807, 2.05) is 0 Å². The smallest absolute Gasteiger partial charge is 0.240 e. The Bertz CT molecular complexity index is 278. The van der Waals surface area contributed by atoms with Crippen LogP contribution < -0.4 is 5.73 Å². The van der Waals surface area contributed by atoms with Gasteiger partial charge in [-0.15, -0.1) is 36.6 Å². The number of hydrogen-bond acceptors (Lipinski definition) is 3. The Morgan fingerprint density at radius 2 is 2.06 bits per heavy atom. The SMILES string of the molecule is Cl.Cl.NC(=O)C1CCC2SCCCC(=O)N21. The first-order valence-electron chi connectivity index (χ1n) is 4.92. The quantitative estimate of drug-likeness (QED) is 0.787. The molecule has 4 nitrogen and oxygen atoms in total. The average molecular weight is 287 g/mol. The highest BCUT2D eigenvalue weighted by Gasteiger charge is 2.40. The molecule has 2 rings (SSSR count). The van der Waals surface area contributed by atoms with E-state index in [9.17, 15) is 9.59 Å². The van der Waals surface area contributed by atoms with E-state index in [2.05, 4.69) is 0 Å². The molecule has 2 amide bonds. The minimum absolute atomic E-state index is 0. The number of amides is 2. The third kappa shape index (κ3) is 2.96. The average Bonchev–Trinajstić information content (AvgIpc) is 2.48. The van der Waals surface area contributed by atoms with Crippen LogP contribution in [0.15, 0.2) is 0 Å². The van der Waals surface area contributed by atoms with Crippen molar-refractivity contribution in [2.24, 2.45) is 5.73 Å². The lowest BCUT2D eigenvalue weighted by atomic mass is 10.2. The van der Waals surface area contributed by atoms with E-state index in [0.29, 0.717) is 6.42 Å². The van der Waals surface area contributed by atoms with Crippen LogP contribution in [-0.4, -0.2) is 33.9 Å². The minimum Gasteiger partial charge on any atom is -0.368 e. The van der Waals surface area contributed by atoms with Gasteiger partial charge in [0, 0.05) is 6.42 Å². The molecule has 2 N–H and O–H groups in total. The Morgan fingerprint density at radius 3 is 2.69 bits per heavy atom. The van der Waals surface area contributed by atoms with Gasteiger partial charge < -0.3 is 10.6 Å². The van der Waals surface area contributed by atoms with Gasteiger partial charge in [0.25, 0.3) is 0 Å². The summed E-state index contributed by atoms with van der Waals surface area (Å²) in [5.41, 5.74) is 5.28. The van der Waals surface area contributed by atoms with Gasteiger partial charge in [-0.1, -0.05) is 0 Å². The fraction of sp³-hybridized carbons (Fsp3) is 0.778. The molecule has 7 heteroatoms. The Balaban J connectivity index is 0.00000112. The monoisotopic (exact) mass is 286 g/mol. The second-order valence-corrected chi connectivity index (χ2v) is 5.01. The fourth-order valence-electron chi connectivity index (χ4n) is 2.13. The van der Waals surface area contributed by atoms with E-state index in [-0.39, 0.29) is 48.0 Å². The molecule has 94 valence electrons. The van der Waals surface area contributed by atoms with Crippen LogP contribution in [0.3, 0.4) is 0 Å². The number of halogens is 2. The number of nitrogens with two attached hydrogens (primary N) is 1. The van der Waals surface area contributed by atoms with Gasteiger partial charge in [0.05, 0.1) is 5.37 Å². The maximum atomic E-state index is 11.7. The molecule has 0 aliphatic carbocycles. The van der Waals surface area contributed by atoms with Crippen molar-refractivity contribution in [1.82, 2.24) is 4.90 Å². The fourth-order valence-corrected chi connectivity index (χ4v) is 3.44. The summed E-state index contributed by atoms with van der Waals surface area (Å²) < 4.78 is 0. The van der Waals surface area contributed by atoms with E-state index in [1.165, 1.54) is 0 Å². The molecule has 2 fully saturated rings. The first-order chi connectivity index (χ1) is 6.70. The number of nitrogens with zero attached hydrogens (tertiary/aromatic N) is 1. The highest BCUT2D eigenvalue weighted by Crippen LogP contribution is 2.35. The predicted octanol–water partition coefficient (Wildman–Crippen LogP) is 1.16. The van der Waals surface area contributed by atoms with Crippen molar-refractivity contribution < 1.29 is 9.59 Å². The number of carbonyl (C=O) groups excluding carboxylic acids is 2. The van der Waals surface area contributed by atoms with Crippen molar-refractivity contribution in [3.63, 3.8) is 0 Å². The third-order valence-corrected chi connectivity index (χ3v) is 4.17. The Labute approximate surface area is 111 Å². The zero-order valence-corrected chi connectivity index (χ0v) is 11.2. The number of fused-ring (bicyclic) bond motifs is 1. The maximum Gasteiger partial charge on any atom is 0.240 e. The summed E-state index contributed by atoms with van der Waals surface area (Å²) in [5, 5.41) is 0.197. The molecular formula is C9H16Cl2N2O2S. The van der Waals surface area contributed by atoms with Crippen molar-refractivity contribution in [3.8, 4) is 0 Å². The van der Waals surface area contributed by atoms with E-state index >= 15 is 0 Å². The molecule has 16 heavy (non-hydrogen) atoms. The standard InChI is InChI=1S/C9H14N2O2S.2ClH/c10-9(13)6-3-4-8-11(6)7(12)2-1-5-14-8;;/h6,8H,1-5H2,(H2,10,13);2*1H. The highest BCUT2D eigenvalue weighted by molar-refractivity contribution is 7.99. The van der Waals surface area contributed by atoms with Gasteiger partial charge in [-0.25, -0.2) is 0 Å². The van der Waals surface area contributed by atoms with Gasteiger partial charge in [0.15, 0.2) is 0 Å². The third-order valence-electron chi connectivity index (χ3n) is 2.79. The van der Waals surface area contributed by atoms with Gasteiger partial charge in [-0.3, -0.25) is 9.59 Å². The van der Waals surface area contributed by atoms with Crippen molar-refractivity contribution in [1.29, 1.82) is 0 Å². The summed E-state index contributed by atoms with van der Waals surface area (Å²) >= 11 is 1.78. The minimum atomic E-state index is -0.358. The Hall–Kier alpha value is -0.130. The van der Waals surface area contributed by atoms with Gasteiger partial charge in [-0.05, 0) is 25.0 Å². The molecule has 2 heterocycles. The normalized spacial score (nSPS) is 28.5. The number of carbonyl (C=O) groups is 2. The zero-order valence-electron chi connectivity index (χ0n) is 8.76. The van der Waals surface area contributed by atoms with E-state index < -0.39 is 0 Å². The number of rotatable bonds is 1. The van der Waals surface area contributed by atoms with Crippen LogP contribution in [0.1, 0.15) is 25.7 Å². The summed E-state index contributed by atoms with van der Waals surface area (Å²) in [5.74, 6) is 0.753. The summed E-state index contributed by atoms with van der Waals surface area (Å²) in [7, 11) is 0. The molecule has 0 aromatic heterocycles. The van der Waals surface area contributed by atoms with Crippen LogP contribution in [0.2, 0.25) is 0 Å². The lowest BCUT2D eigenvalue weighted by Crippen LogP contribution is -2.45. The summed E-state index contributed by atoms with van der Waals surface area (Å²) in [6.07, 6.45) is 3.12. The van der Waals surface area contributed by atoms with E-state index in [4.69, 9.17) is 5.73 Å². The summed E-state index contributed by atoms with van der Waals surface area (Å²) in [6.45, 7) is 0. The molecule has 0 saturated carbocycles. The Morgan fingerprint density at radius 1 is 1.38 bits per heavy atom. The summed E-state index contributed by atoms with van der Waals surface area (Å²) in [6, 6.07) is -0.349. The van der Waals surface area contributed by atoms with Crippen LogP contribution in [0.5, 0.6) is 0 Å². The molecule has 0 aromatic rings. The van der Waals surface area contributed by atoms with Crippen LogP contribution in [0.25, 0.3) is 0 Å². The van der Waals surface area contributed by atoms with Gasteiger partial charge in [0.2, 0.25) is 11.8 Å². The largest absolute Gasteiger partial charge is 0.368 e. The lowest BCUT2D eigenvalue weighted by Gasteiger charge is -2.26. The van der Waals surface area contributed by atoms with Crippen LogP contribution in [0.4, 0.5) is 0 Å². The molecule has 0 bridgehead atoms. The van der Waals surface area contributed by atoms with Crippen LogP contribution >= 0.6 is 36.6 Å². The Kier molecular flexibility index (Phi) is 6.51. The van der Waals surface area contributed by atoms with Crippen molar-refractivity contribution in [2.75, 3.05) is 5.75 Å². The first kappa shape index (κ1) is 15.9. The predicted molar refractivity (Wildman–Crippen MR) is 69.0 cm³/mol. The topological polar surface area (TPSA) is 63.4 Å². The van der Waals surface area contributed by atoms with Crippen LogP contribution in [-0.2, 0) is 9.59 Å². The molecule has 2 unspecified atom stereocenters. The van der Waals surface area contributed by atoms with Crippen LogP contribution in [0, 0.1) is 0 Å². The molecule has 0 radical (unpaired) electrons. The number of thioether (sulfide) groups is 1. The van der Waals surface area contributed by atoms with Crippen molar-refractivity contribution >= 4 is 48.4 Å². The molecule has 0 spiro atoms. The van der Waals surface area contributed by atoms with Crippen molar-refractivity contribution in [2.45, 2.75) is 37.1 Å². The highest BCUT2D eigenvalue weighted by atomic mass is 35.5. The molecule has 2 aliphatic heterocycles. The summed E-state index contributed by atoms with van der Waals surface area (Å²) in [4.78, 5) is 24.6. The van der Waals surface area contributed by atoms with E-state index in [1.54, 1.807) is 16.7 Å². The number of hydrogen-bond donors (Lipinski definition) is 1. The molecule has 2 atom stereocenters. The van der Waals surface area contributed by atoms with Gasteiger partial charge in [-0.2, -0.15) is 0 Å². The second kappa shape index (κ2) is 6.57. The molecule has 0 aromatic carbocycles. The molecular weight excluding hydrogens is 271 g/mol. The maximum absolute atomic E-state index is 11.7. The molecule has 2 aliphatic rings.